The quantitative estimate of drug-likeness (QED) is 0.790. The number of ether oxygens (including phenoxy) is 1. The Labute approximate surface area is 104 Å². The van der Waals surface area contributed by atoms with Gasteiger partial charge < -0.3 is 9.84 Å². The van der Waals surface area contributed by atoms with Gasteiger partial charge in [0.05, 0.1) is 18.1 Å². The average molecular weight is 253 g/mol. The van der Waals surface area contributed by atoms with Crippen molar-refractivity contribution >= 4 is 17.3 Å². The molecule has 1 rings (SSSR count). The summed E-state index contributed by atoms with van der Waals surface area (Å²) in [5.41, 5.74) is -0.329. The molecule has 1 heterocycles. The van der Waals surface area contributed by atoms with Crippen molar-refractivity contribution in [3.05, 3.63) is 16.3 Å². The molecule has 1 aromatic heterocycles. The molecule has 17 heavy (non-hydrogen) atoms. The Morgan fingerprint density at radius 3 is 2.88 bits per heavy atom. The summed E-state index contributed by atoms with van der Waals surface area (Å²) in [6.07, 6.45) is 1.54. The van der Waals surface area contributed by atoms with Gasteiger partial charge in [-0.1, -0.05) is 0 Å². The van der Waals surface area contributed by atoms with Crippen molar-refractivity contribution < 1.29 is 14.6 Å². The van der Waals surface area contributed by atoms with Gasteiger partial charge in [0.1, 0.15) is 10.6 Å². The maximum atomic E-state index is 10.6. The van der Waals surface area contributed by atoms with Crippen LogP contribution in [-0.2, 0) is 0 Å². The number of aromatic carboxylic acids is 1. The van der Waals surface area contributed by atoms with Crippen molar-refractivity contribution in [1.29, 1.82) is 5.26 Å². The monoisotopic (exact) mass is 253 g/mol. The Morgan fingerprint density at radius 1 is 1.65 bits per heavy atom. The summed E-state index contributed by atoms with van der Waals surface area (Å²) in [4.78, 5) is 10.9. The number of hydrogen-bond acceptors (Lipinski definition) is 4. The van der Waals surface area contributed by atoms with Crippen molar-refractivity contribution in [2.45, 2.75) is 26.7 Å². The van der Waals surface area contributed by atoms with Crippen LogP contribution in [0.3, 0.4) is 0 Å². The van der Waals surface area contributed by atoms with Crippen LogP contribution >= 0.6 is 11.3 Å². The van der Waals surface area contributed by atoms with Gasteiger partial charge in [-0.05, 0) is 26.7 Å². The second-order valence-electron chi connectivity index (χ2n) is 4.40. The molecule has 0 aromatic carbocycles. The number of carboxylic acids is 1. The fraction of sp³-hybridized carbons (Fsp3) is 0.500. The van der Waals surface area contributed by atoms with E-state index in [1.165, 1.54) is 6.07 Å². The van der Waals surface area contributed by atoms with E-state index in [0.717, 1.165) is 24.2 Å². The fourth-order valence-corrected chi connectivity index (χ4v) is 1.93. The third-order valence-corrected chi connectivity index (χ3v) is 3.20. The van der Waals surface area contributed by atoms with Gasteiger partial charge in [0.2, 0.25) is 0 Å². The summed E-state index contributed by atoms with van der Waals surface area (Å²) in [5, 5.41) is 19.2. The van der Waals surface area contributed by atoms with Crippen LogP contribution < -0.4 is 4.74 Å². The Kier molecular flexibility index (Phi) is 4.53. The Bertz CT molecular complexity index is 431. The zero-order valence-electron chi connectivity index (χ0n) is 9.90. The summed E-state index contributed by atoms with van der Waals surface area (Å²) in [6.45, 7) is 4.28. The zero-order valence-corrected chi connectivity index (χ0v) is 10.7. The number of thiophene rings is 1. The third-order valence-electron chi connectivity index (χ3n) is 2.30. The van der Waals surface area contributed by atoms with E-state index in [-0.39, 0.29) is 10.3 Å². The minimum absolute atomic E-state index is 0.275. The van der Waals surface area contributed by atoms with E-state index in [0.29, 0.717) is 12.4 Å². The molecule has 92 valence electrons. The van der Waals surface area contributed by atoms with Gasteiger partial charge in [0.15, 0.2) is 0 Å². The fourth-order valence-electron chi connectivity index (χ4n) is 1.27. The molecule has 0 bridgehead atoms. The molecule has 4 nitrogen and oxygen atoms in total. The maximum Gasteiger partial charge on any atom is 0.346 e. The lowest BCUT2D eigenvalue weighted by Gasteiger charge is -2.14. The first-order chi connectivity index (χ1) is 7.94. The molecule has 0 unspecified atom stereocenters. The van der Waals surface area contributed by atoms with Crippen molar-refractivity contribution in [2.75, 3.05) is 6.61 Å². The van der Waals surface area contributed by atoms with Gasteiger partial charge in [-0.2, -0.15) is 5.26 Å². The lowest BCUT2D eigenvalue weighted by molar-refractivity contribution is 0.0702. The Morgan fingerprint density at radius 2 is 2.35 bits per heavy atom. The van der Waals surface area contributed by atoms with Gasteiger partial charge in [0, 0.05) is 11.4 Å². The zero-order chi connectivity index (χ0) is 12.9. The predicted molar refractivity (Wildman–Crippen MR) is 65.4 cm³/mol. The largest absolute Gasteiger partial charge is 0.493 e. The second-order valence-corrected chi connectivity index (χ2v) is 5.31. The topological polar surface area (TPSA) is 70.3 Å². The highest BCUT2D eigenvalue weighted by molar-refractivity contribution is 7.12. The minimum atomic E-state index is -0.935. The Balaban J connectivity index is 2.32. The van der Waals surface area contributed by atoms with E-state index < -0.39 is 5.97 Å². The van der Waals surface area contributed by atoms with E-state index >= 15 is 0 Å². The molecule has 0 spiro atoms. The first kappa shape index (κ1) is 13.5. The van der Waals surface area contributed by atoms with E-state index in [2.05, 4.69) is 6.07 Å². The van der Waals surface area contributed by atoms with Crippen molar-refractivity contribution in [2.24, 2.45) is 5.41 Å². The summed E-state index contributed by atoms with van der Waals surface area (Å²) >= 11 is 1.15. The van der Waals surface area contributed by atoms with Crippen LogP contribution in [-0.4, -0.2) is 17.7 Å². The standard InChI is InChI=1S/C12H15NO3S/c1-12(2,8-13)4-3-5-16-9-6-10(11(14)15)17-7-9/h6-7H,3-5H2,1-2H3,(H,14,15). The summed E-state index contributed by atoms with van der Waals surface area (Å²) < 4.78 is 5.41. The van der Waals surface area contributed by atoms with E-state index in [1.807, 2.05) is 13.8 Å². The average Bonchev–Trinajstić information content (AvgIpc) is 2.73. The van der Waals surface area contributed by atoms with Gasteiger partial charge in [-0.25, -0.2) is 4.79 Å². The number of carbonyl (C=O) groups is 1. The molecule has 1 aromatic rings. The van der Waals surface area contributed by atoms with E-state index in [1.54, 1.807) is 5.38 Å². The van der Waals surface area contributed by atoms with Crippen LogP contribution in [0.25, 0.3) is 0 Å². The van der Waals surface area contributed by atoms with Gasteiger partial charge in [-0.3, -0.25) is 0 Å². The number of nitrogens with zero attached hydrogens (tertiary/aromatic N) is 1. The number of carboxylic acid groups (broad SMARTS) is 1. The van der Waals surface area contributed by atoms with Crippen LogP contribution in [0.1, 0.15) is 36.4 Å². The van der Waals surface area contributed by atoms with Crippen LogP contribution in [0.2, 0.25) is 0 Å². The lowest BCUT2D eigenvalue weighted by atomic mass is 9.90. The molecule has 0 saturated heterocycles. The number of nitriles is 1. The summed E-state index contributed by atoms with van der Waals surface area (Å²) in [6, 6.07) is 3.74. The van der Waals surface area contributed by atoms with Crippen molar-refractivity contribution in [1.82, 2.24) is 0 Å². The number of rotatable bonds is 6. The van der Waals surface area contributed by atoms with Crippen LogP contribution in [0.5, 0.6) is 5.75 Å². The molecule has 0 atom stereocenters. The smallest absolute Gasteiger partial charge is 0.346 e. The molecular formula is C12H15NO3S. The minimum Gasteiger partial charge on any atom is -0.493 e. The first-order valence-corrected chi connectivity index (χ1v) is 6.18. The number of hydrogen-bond donors (Lipinski definition) is 1. The summed E-state index contributed by atoms with van der Waals surface area (Å²) in [5.74, 6) is -0.349. The Hall–Kier alpha value is -1.54. The highest BCUT2D eigenvalue weighted by atomic mass is 32.1. The van der Waals surface area contributed by atoms with E-state index in [9.17, 15) is 4.79 Å². The summed E-state index contributed by atoms with van der Waals surface area (Å²) in [7, 11) is 0. The van der Waals surface area contributed by atoms with Crippen LogP contribution in [0.15, 0.2) is 11.4 Å². The first-order valence-electron chi connectivity index (χ1n) is 5.30. The van der Waals surface area contributed by atoms with Crippen molar-refractivity contribution in [3.63, 3.8) is 0 Å². The van der Waals surface area contributed by atoms with Gasteiger partial charge in [0.25, 0.3) is 0 Å². The molecule has 0 fully saturated rings. The van der Waals surface area contributed by atoms with Crippen molar-refractivity contribution in [3.8, 4) is 11.8 Å². The van der Waals surface area contributed by atoms with Gasteiger partial charge >= 0.3 is 5.97 Å². The van der Waals surface area contributed by atoms with Crippen LogP contribution in [0.4, 0.5) is 0 Å². The normalized spacial score (nSPS) is 10.9. The third kappa shape index (κ3) is 4.45. The highest BCUT2D eigenvalue weighted by Gasteiger charge is 2.15. The molecule has 0 aliphatic rings. The molecular weight excluding hydrogens is 238 g/mol. The molecule has 0 aliphatic carbocycles. The predicted octanol–water partition coefficient (Wildman–Crippen LogP) is 3.16. The molecule has 0 radical (unpaired) electrons. The molecule has 0 aliphatic heterocycles. The molecule has 5 heteroatoms. The van der Waals surface area contributed by atoms with Gasteiger partial charge in [-0.15, -0.1) is 11.3 Å². The molecule has 0 saturated carbocycles. The lowest BCUT2D eigenvalue weighted by Crippen LogP contribution is -2.09. The second kappa shape index (κ2) is 5.69. The van der Waals surface area contributed by atoms with Crippen LogP contribution in [0, 0.1) is 16.7 Å². The molecule has 0 amide bonds. The maximum absolute atomic E-state index is 10.6. The highest BCUT2D eigenvalue weighted by Crippen LogP contribution is 2.23. The SMILES string of the molecule is CC(C)(C#N)CCCOc1csc(C(=O)O)c1. The molecule has 1 N–H and O–H groups in total. The van der Waals surface area contributed by atoms with E-state index in [4.69, 9.17) is 15.1 Å².